The lowest BCUT2D eigenvalue weighted by Crippen LogP contribution is -2.31. The van der Waals surface area contributed by atoms with Crippen molar-refractivity contribution in [2.75, 3.05) is 0 Å². The Balaban J connectivity index is 1.85. The van der Waals surface area contributed by atoms with Crippen molar-refractivity contribution < 1.29 is 4.79 Å². The number of rotatable bonds is 2. The number of benzene rings is 2. The average molecular weight is 365 g/mol. The maximum atomic E-state index is 12.5. The van der Waals surface area contributed by atoms with Crippen LogP contribution in [0, 0.1) is 6.92 Å². The molecule has 1 aliphatic carbocycles. The van der Waals surface area contributed by atoms with Gasteiger partial charge in [-0.25, -0.2) is 0 Å². The number of nitrogens with one attached hydrogen (secondary N) is 1. The maximum absolute atomic E-state index is 12.5. The van der Waals surface area contributed by atoms with Gasteiger partial charge >= 0.3 is 0 Å². The molecule has 0 aliphatic heterocycles. The van der Waals surface area contributed by atoms with Gasteiger partial charge in [-0.05, 0) is 48.2 Å². The standard InChI is InChI=1S/C17H15BrClNO/c1-10-6-12(8-13(18)7-10)17(21)20-16-14-5-3-2-4-11(14)9-15(16)19/h2-8,15-16H,9H2,1H3,(H,20,21). The van der Waals surface area contributed by atoms with E-state index in [1.165, 1.54) is 5.56 Å². The van der Waals surface area contributed by atoms with Crippen LogP contribution in [0.3, 0.4) is 0 Å². The number of fused-ring (bicyclic) bond motifs is 1. The second kappa shape index (κ2) is 5.82. The van der Waals surface area contributed by atoms with Crippen LogP contribution in [0.5, 0.6) is 0 Å². The van der Waals surface area contributed by atoms with Crippen molar-refractivity contribution in [3.8, 4) is 0 Å². The van der Waals surface area contributed by atoms with Gasteiger partial charge in [0.25, 0.3) is 5.91 Å². The van der Waals surface area contributed by atoms with Gasteiger partial charge in [0.2, 0.25) is 0 Å². The van der Waals surface area contributed by atoms with Crippen molar-refractivity contribution in [1.82, 2.24) is 5.32 Å². The fourth-order valence-corrected chi connectivity index (χ4v) is 3.78. The zero-order chi connectivity index (χ0) is 15.0. The molecule has 3 rings (SSSR count). The largest absolute Gasteiger partial charge is 0.344 e. The van der Waals surface area contributed by atoms with Crippen molar-refractivity contribution in [1.29, 1.82) is 0 Å². The molecular weight excluding hydrogens is 350 g/mol. The van der Waals surface area contributed by atoms with Crippen molar-refractivity contribution in [2.24, 2.45) is 0 Å². The number of alkyl halides is 1. The Morgan fingerprint density at radius 1 is 1.29 bits per heavy atom. The molecule has 0 saturated heterocycles. The van der Waals surface area contributed by atoms with Gasteiger partial charge in [0.1, 0.15) is 0 Å². The van der Waals surface area contributed by atoms with Crippen LogP contribution >= 0.6 is 27.5 Å². The number of carbonyl (C=O) groups excluding carboxylic acids is 1. The van der Waals surface area contributed by atoms with Gasteiger partial charge in [-0.1, -0.05) is 40.2 Å². The molecular formula is C17H15BrClNO. The maximum Gasteiger partial charge on any atom is 0.251 e. The Kier molecular flexibility index (Phi) is 4.05. The molecule has 0 radical (unpaired) electrons. The lowest BCUT2D eigenvalue weighted by Gasteiger charge is -2.18. The Labute approximate surface area is 137 Å². The number of amides is 1. The highest BCUT2D eigenvalue weighted by atomic mass is 79.9. The predicted octanol–water partition coefficient (Wildman–Crippen LogP) is 4.39. The zero-order valence-corrected chi connectivity index (χ0v) is 13.9. The normalized spacial score (nSPS) is 20.1. The Morgan fingerprint density at radius 3 is 2.81 bits per heavy atom. The minimum atomic E-state index is -0.130. The van der Waals surface area contributed by atoms with E-state index in [1.807, 2.05) is 43.3 Å². The summed E-state index contributed by atoms with van der Waals surface area (Å²) in [6, 6.07) is 13.6. The van der Waals surface area contributed by atoms with Crippen LogP contribution in [-0.4, -0.2) is 11.3 Å². The first-order valence-corrected chi connectivity index (χ1v) is 8.07. The molecule has 2 aromatic carbocycles. The number of hydrogen-bond acceptors (Lipinski definition) is 1. The highest BCUT2D eigenvalue weighted by Gasteiger charge is 2.32. The van der Waals surface area contributed by atoms with E-state index in [0.717, 1.165) is 22.0 Å². The van der Waals surface area contributed by atoms with Crippen molar-refractivity contribution in [3.05, 3.63) is 69.2 Å². The predicted molar refractivity (Wildman–Crippen MR) is 88.9 cm³/mol. The first-order valence-electron chi connectivity index (χ1n) is 6.84. The van der Waals surface area contributed by atoms with Crippen LogP contribution in [0.2, 0.25) is 0 Å². The van der Waals surface area contributed by atoms with Gasteiger partial charge in [0.05, 0.1) is 11.4 Å². The van der Waals surface area contributed by atoms with E-state index < -0.39 is 0 Å². The molecule has 0 aromatic heterocycles. The summed E-state index contributed by atoms with van der Waals surface area (Å²) < 4.78 is 0.905. The smallest absolute Gasteiger partial charge is 0.251 e. The Hall–Kier alpha value is -1.32. The molecule has 1 amide bonds. The van der Waals surface area contributed by atoms with Gasteiger partial charge < -0.3 is 5.32 Å². The van der Waals surface area contributed by atoms with E-state index in [-0.39, 0.29) is 17.3 Å². The molecule has 1 aliphatic rings. The number of halogens is 2. The lowest BCUT2D eigenvalue weighted by atomic mass is 10.1. The summed E-state index contributed by atoms with van der Waals surface area (Å²) in [5, 5.41) is 2.97. The van der Waals surface area contributed by atoms with Crippen LogP contribution in [-0.2, 0) is 6.42 Å². The molecule has 108 valence electrons. The summed E-state index contributed by atoms with van der Waals surface area (Å²) in [7, 11) is 0. The van der Waals surface area contributed by atoms with E-state index in [1.54, 1.807) is 0 Å². The SMILES string of the molecule is Cc1cc(Br)cc(C(=O)NC2c3ccccc3CC2Cl)c1. The Bertz CT molecular complexity index is 681. The summed E-state index contributed by atoms with van der Waals surface area (Å²) in [4.78, 5) is 12.5. The van der Waals surface area contributed by atoms with Gasteiger partial charge in [0, 0.05) is 10.0 Å². The van der Waals surface area contributed by atoms with Crippen molar-refractivity contribution in [3.63, 3.8) is 0 Å². The highest BCUT2D eigenvalue weighted by molar-refractivity contribution is 9.10. The minimum Gasteiger partial charge on any atom is -0.344 e. The number of carbonyl (C=O) groups is 1. The number of hydrogen-bond donors (Lipinski definition) is 1. The second-order valence-corrected chi connectivity index (χ2v) is 6.86. The van der Waals surface area contributed by atoms with E-state index in [2.05, 4.69) is 27.3 Å². The molecule has 2 atom stereocenters. The van der Waals surface area contributed by atoms with Crippen LogP contribution in [0.25, 0.3) is 0 Å². The number of aryl methyl sites for hydroxylation is 1. The van der Waals surface area contributed by atoms with E-state index >= 15 is 0 Å². The highest BCUT2D eigenvalue weighted by Crippen LogP contribution is 2.34. The van der Waals surface area contributed by atoms with Gasteiger partial charge in [-0.3, -0.25) is 4.79 Å². The summed E-state index contributed by atoms with van der Waals surface area (Å²) in [5.74, 6) is -0.0910. The van der Waals surface area contributed by atoms with Crippen LogP contribution in [0.15, 0.2) is 46.9 Å². The molecule has 21 heavy (non-hydrogen) atoms. The quantitative estimate of drug-likeness (QED) is 0.787. The molecule has 4 heteroatoms. The van der Waals surface area contributed by atoms with E-state index in [0.29, 0.717) is 5.56 Å². The van der Waals surface area contributed by atoms with E-state index in [9.17, 15) is 4.79 Å². The Morgan fingerprint density at radius 2 is 2.05 bits per heavy atom. The third-order valence-electron chi connectivity index (χ3n) is 3.76. The summed E-state index contributed by atoms with van der Waals surface area (Å²) in [6.45, 7) is 1.97. The molecule has 2 aromatic rings. The van der Waals surface area contributed by atoms with Crippen LogP contribution in [0.4, 0.5) is 0 Å². The molecule has 2 nitrogen and oxygen atoms in total. The van der Waals surface area contributed by atoms with Crippen molar-refractivity contribution in [2.45, 2.75) is 24.8 Å². The average Bonchev–Trinajstić information content (AvgIpc) is 2.74. The first kappa shape index (κ1) is 14.6. The molecule has 2 unspecified atom stereocenters. The topological polar surface area (TPSA) is 29.1 Å². The molecule has 1 N–H and O–H groups in total. The van der Waals surface area contributed by atoms with Gasteiger partial charge in [0.15, 0.2) is 0 Å². The van der Waals surface area contributed by atoms with Gasteiger partial charge in [-0.2, -0.15) is 0 Å². The third kappa shape index (κ3) is 2.99. The molecule has 0 fully saturated rings. The second-order valence-electron chi connectivity index (χ2n) is 5.39. The summed E-state index contributed by atoms with van der Waals surface area (Å²) in [6.07, 6.45) is 0.792. The molecule has 0 saturated carbocycles. The molecule has 0 spiro atoms. The lowest BCUT2D eigenvalue weighted by molar-refractivity contribution is 0.0937. The fourth-order valence-electron chi connectivity index (χ4n) is 2.81. The minimum absolute atomic E-state index is 0.0910. The zero-order valence-electron chi connectivity index (χ0n) is 11.6. The fraction of sp³-hybridized carbons (Fsp3) is 0.235. The van der Waals surface area contributed by atoms with Crippen LogP contribution in [0.1, 0.15) is 33.1 Å². The third-order valence-corrected chi connectivity index (χ3v) is 4.62. The van der Waals surface area contributed by atoms with Gasteiger partial charge in [-0.15, -0.1) is 11.6 Å². The molecule has 0 heterocycles. The van der Waals surface area contributed by atoms with E-state index in [4.69, 9.17) is 11.6 Å². The van der Waals surface area contributed by atoms with Crippen molar-refractivity contribution >= 4 is 33.4 Å². The molecule has 0 bridgehead atoms. The first-order chi connectivity index (χ1) is 10.0. The summed E-state index contributed by atoms with van der Waals surface area (Å²) >= 11 is 9.84. The summed E-state index contributed by atoms with van der Waals surface area (Å²) in [5.41, 5.74) is 4.03. The van der Waals surface area contributed by atoms with Crippen LogP contribution < -0.4 is 5.32 Å². The monoisotopic (exact) mass is 363 g/mol.